The van der Waals surface area contributed by atoms with Crippen LogP contribution >= 0.6 is 0 Å². The van der Waals surface area contributed by atoms with Crippen molar-refractivity contribution in [1.29, 1.82) is 0 Å². The Labute approximate surface area is 187 Å². The fraction of sp³-hybridized carbons (Fsp3) is 0.360. The normalized spacial score (nSPS) is 17.9. The van der Waals surface area contributed by atoms with Crippen LogP contribution in [0.5, 0.6) is 5.75 Å². The smallest absolute Gasteiger partial charge is 0.295 e. The predicted molar refractivity (Wildman–Crippen MR) is 121 cm³/mol. The van der Waals surface area contributed by atoms with E-state index in [1.165, 1.54) is 29.2 Å². The minimum absolute atomic E-state index is 0.00527. The van der Waals surface area contributed by atoms with Crippen LogP contribution in [-0.2, 0) is 9.59 Å². The Kier molecular flexibility index (Phi) is 7.30. The number of rotatable bonds is 8. The summed E-state index contributed by atoms with van der Waals surface area (Å²) in [7, 11) is 3.74. The molecular weight excluding hydrogens is 411 g/mol. The zero-order chi connectivity index (χ0) is 23.4. The number of nitrogens with zero attached hydrogens (tertiary/aromatic N) is 2. The highest BCUT2D eigenvalue weighted by molar-refractivity contribution is 6.46. The molecule has 1 amide bonds. The van der Waals surface area contributed by atoms with Crippen molar-refractivity contribution in [2.75, 3.05) is 33.8 Å². The van der Waals surface area contributed by atoms with Crippen LogP contribution in [0, 0.1) is 12.7 Å². The van der Waals surface area contributed by atoms with Gasteiger partial charge in [-0.05, 0) is 68.9 Å². The molecule has 1 aliphatic heterocycles. The second kappa shape index (κ2) is 9.96. The average molecular weight is 441 g/mol. The monoisotopic (exact) mass is 440 g/mol. The summed E-state index contributed by atoms with van der Waals surface area (Å²) in [6.45, 7) is 5.22. The van der Waals surface area contributed by atoms with E-state index in [0.717, 1.165) is 6.42 Å². The van der Waals surface area contributed by atoms with E-state index in [4.69, 9.17) is 4.74 Å². The third-order valence-electron chi connectivity index (χ3n) is 5.44. The molecule has 1 N–H and O–H groups in total. The largest absolute Gasteiger partial charge is 0.507 e. The van der Waals surface area contributed by atoms with Crippen molar-refractivity contribution in [3.8, 4) is 5.75 Å². The number of hydrogen-bond donors (Lipinski definition) is 1. The number of carbonyl (C=O) groups excluding carboxylic acids is 2. The van der Waals surface area contributed by atoms with Gasteiger partial charge in [0.1, 0.15) is 17.3 Å². The van der Waals surface area contributed by atoms with E-state index in [2.05, 4.69) is 0 Å². The number of benzene rings is 2. The summed E-state index contributed by atoms with van der Waals surface area (Å²) in [5.74, 6) is -1.42. The van der Waals surface area contributed by atoms with Crippen LogP contribution in [0.1, 0.15) is 36.1 Å². The molecule has 0 aliphatic carbocycles. The standard InChI is InChI=1S/C25H29FN2O4/c1-5-14-32-19-10-11-20(16(2)15-19)23(29)21-22(17-6-8-18(26)9-7-17)28(13-12-27(3)4)25(31)24(21)30/h6-11,15,22,29H,5,12-14H2,1-4H3/t22-/m1/s1. The first kappa shape index (κ1) is 23.5. The van der Waals surface area contributed by atoms with Gasteiger partial charge in [0.2, 0.25) is 0 Å². The Morgan fingerprint density at radius 3 is 2.44 bits per heavy atom. The minimum Gasteiger partial charge on any atom is -0.507 e. The molecule has 170 valence electrons. The second-order valence-electron chi connectivity index (χ2n) is 8.17. The molecule has 0 bridgehead atoms. The molecule has 0 aromatic heterocycles. The van der Waals surface area contributed by atoms with Crippen LogP contribution in [0.15, 0.2) is 48.0 Å². The van der Waals surface area contributed by atoms with Crippen LogP contribution in [0.25, 0.3) is 5.76 Å². The number of aryl methyl sites for hydroxylation is 1. The quantitative estimate of drug-likeness (QED) is 0.383. The summed E-state index contributed by atoms with van der Waals surface area (Å²) in [6, 6.07) is 10.1. The van der Waals surface area contributed by atoms with Crippen molar-refractivity contribution in [2.24, 2.45) is 0 Å². The van der Waals surface area contributed by atoms with Gasteiger partial charge in [-0.15, -0.1) is 0 Å². The summed E-state index contributed by atoms with van der Waals surface area (Å²) >= 11 is 0. The van der Waals surface area contributed by atoms with Crippen LogP contribution in [0.3, 0.4) is 0 Å². The molecule has 1 saturated heterocycles. The number of likely N-dealkylation sites (tertiary alicyclic amines) is 1. The topological polar surface area (TPSA) is 70.1 Å². The van der Waals surface area contributed by atoms with Crippen LogP contribution < -0.4 is 4.74 Å². The number of ketones is 1. The number of ether oxygens (including phenoxy) is 1. The molecule has 6 nitrogen and oxygen atoms in total. The lowest BCUT2D eigenvalue weighted by Gasteiger charge is -2.26. The molecular formula is C25H29FN2O4. The van der Waals surface area contributed by atoms with Crippen molar-refractivity contribution in [3.05, 3.63) is 70.5 Å². The van der Waals surface area contributed by atoms with E-state index in [1.54, 1.807) is 18.2 Å². The molecule has 32 heavy (non-hydrogen) atoms. The zero-order valence-electron chi connectivity index (χ0n) is 18.9. The minimum atomic E-state index is -0.800. The van der Waals surface area contributed by atoms with Gasteiger partial charge in [-0.1, -0.05) is 19.1 Å². The highest BCUT2D eigenvalue weighted by atomic mass is 19.1. The average Bonchev–Trinajstić information content (AvgIpc) is 3.01. The van der Waals surface area contributed by atoms with E-state index in [9.17, 15) is 19.1 Å². The zero-order valence-corrected chi connectivity index (χ0v) is 18.9. The van der Waals surface area contributed by atoms with E-state index < -0.39 is 23.5 Å². The number of amides is 1. The van der Waals surface area contributed by atoms with Gasteiger partial charge >= 0.3 is 0 Å². The molecule has 2 aromatic carbocycles. The molecule has 1 aliphatic rings. The number of carbonyl (C=O) groups is 2. The molecule has 7 heteroatoms. The number of halogens is 1. The van der Waals surface area contributed by atoms with Gasteiger partial charge in [0.05, 0.1) is 18.2 Å². The first-order valence-electron chi connectivity index (χ1n) is 10.7. The third-order valence-corrected chi connectivity index (χ3v) is 5.44. The molecule has 1 heterocycles. The van der Waals surface area contributed by atoms with Gasteiger partial charge in [-0.2, -0.15) is 0 Å². The van der Waals surface area contributed by atoms with Crippen LogP contribution in [-0.4, -0.2) is 60.4 Å². The third kappa shape index (κ3) is 4.83. The number of aliphatic hydroxyl groups excluding tert-OH is 1. The fourth-order valence-corrected chi connectivity index (χ4v) is 3.77. The van der Waals surface area contributed by atoms with E-state index in [-0.39, 0.29) is 11.3 Å². The highest BCUT2D eigenvalue weighted by Crippen LogP contribution is 2.40. The second-order valence-corrected chi connectivity index (χ2v) is 8.17. The number of aliphatic hydroxyl groups is 1. The van der Waals surface area contributed by atoms with Gasteiger partial charge in [-0.3, -0.25) is 9.59 Å². The SMILES string of the molecule is CCCOc1ccc(C(O)=C2C(=O)C(=O)N(CCN(C)C)[C@@H]2c2ccc(F)cc2)c(C)c1. The van der Waals surface area contributed by atoms with Crippen molar-refractivity contribution in [1.82, 2.24) is 9.80 Å². The molecule has 1 atom stereocenters. The molecule has 1 fully saturated rings. The molecule has 2 aromatic rings. The molecule has 0 unspecified atom stereocenters. The predicted octanol–water partition coefficient (Wildman–Crippen LogP) is 3.91. The Morgan fingerprint density at radius 2 is 1.84 bits per heavy atom. The van der Waals surface area contributed by atoms with Crippen molar-refractivity contribution in [2.45, 2.75) is 26.3 Å². The van der Waals surface area contributed by atoms with Gasteiger partial charge < -0.3 is 19.6 Å². The maximum atomic E-state index is 13.6. The van der Waals surface area contributed by atoms with Crippen molar-refractivity contribution < 1.29 is 23.8 Å². The summed E-state index contributed by atoms with van der Waals surface area (Å²) in [5, 5.41) is 11.2. The lowest BCUT2D eigenvalue weighted by Crippen LogP contribution is -2.35. The van der Waals surface area contributed by atoms with Crippen LogP contribution in [0.2, 0.25) is 0 Å². The summed E-state index contributed by atoms with van der Waals surface area (Å²) in [6.07, 6.45) is 0.870. The lowest BCUT2D eigenvalue weighted by atomic mass is 9.94. The molecule has 0 saturated carbocycles. The van der Waals surface area contributed by atoms with Gasteiger partial charge in [0.25, 0.3) is 11.7 Å². The van der Waals surface area contributed by atoms with E-state index >= 15 is 0 Å². The number of Topliss-reactive ketones (excluding diaryl/α,β-unsaturated/α-hetero) is 1. The first-order chi connectivity index (χ1) is 15.2. The summed E-state index contributed by atoms with van der Waals surface area (Å²) < 4.78 is 19.2. The Bertz CT molecular complexity index is 1030. The summed E-state index contributed by atoms with van der Waals surface area (Å²) in [4.78, 5) is 29.3. The maximum absolute atomic E-state index is 13.6. The summed E-state index contributed by atoms with van der Waals surface area (Å²) in [5.41, 5.74) is 1.73. The molecule has 0 spiro atoms. The number of likely N-dealkylation sites (N-methyl/N-ethyl adjacent to an activating group) is 1. The van der Waals surface area contributed by atoms with Crippen LogP contribution in [0.4, 0.5) is 4.39 Å². The Balaban J connectivity index is 2.10. The Hall–Kier alpha value is -3.19. The first-order valence-corrected chi connectivity index (χ1v) is 10.7. The fourth-order valence-electron chi connectivity index (χ4n) is 3.77. The lowest BCUT2D eigenvalue weighted by molar-refractivity contribution is -0.140. The molecule has 3 rings (SSSR count). The van der Waals surface area contributed by atoms with Crippen molar-refractivity contribution >= 4 is 17.4 Å². The maximum Gasteiger partial charge on any atom is 0.295 e. The van der Waals surface area contributed by atoms with Crippen molar-refractivity contribution in [3.63, 3.8) is 0 Å². The van der Waals surface area contributed by atoms with E-state index in [0.29, 0.717) is 42.1 Å². The van der Waals surface area contributed by atoms with Gasteiger partial charge in [0, 0.05) is 18.7 Å². The Morgan fingerprint density at radius 1 is 1.16 bits per heavy atom. The van der Waals surface area contributed by atoms with E-state index in [1.807, 2.05) is 32.8 Å². The van der Waals surface area contributed by atoms with Gasteiger partial charge in [-0.25, -0.2) is 4.39 Å². The highest BCUT2D eigenvalue weighted by Gasteiger charge is 2.46. The van der Waals surface area contributed by atoms with Gasteiger partial charge in [0.15, 0.2) is 0 Å². The molecule has 0 radical (unpaired) electrons. The number of hydrogen-bond acceptors (Lipinski definition) is 5.